The molecule has 2 rings (SSSR count). The lowest BCUT2D eigenvalue weighted by Crippen LogP contribution is -2.08. The second-order valence-corrected chi connectivity index (χ2v) is 4.19. The highest BCUT2D eigenvalue weighted by Crippen LogP contribution is 2.32. The molecular weight excluding hydrogens is 242 g/mol. The first-order valence-electron chi connectivity index (χ1n) is 4.90. The predicted octanol–water partition coefficient (Wildman–Crippen LogP) is 2.86. The predicted molar refractivity (Wildman–Crippen MR) is 67.7 cm³/mol. The van der Waals surface area contributed by atoms with Gasteiger partial charge < -0.3 is 4.90 Å². The molecule has 0 unspecified atom stereocenters. The Morgan fingerprint density at radius 2 is 2.12 bits per heavy atom. The number of fused-ring (bicyclic) bond motifs is 1. The highest BCUT2D eigenvalue weighted by Gasteiger charge is 2.16. The van der Waals surface area contributed by atoms with Gasteiger partial charge in [-0.05, 0) is 18.2 Å². The van der Waals surface area contributed by atoms with Gasteiger partial charge in [-0.2, -0.15) is 0 Å². The van der Waals surface area contributed by atoms with Crippen molar-refractivity contribution >= 4 is 33.9 Å². The van der Waals surface area contributed by atoms with Crippen molar-refractivity contribution < 1.29 is 4.92 Å². The normalized spacial score (nSPS) is 10.5. The third kappa shape index (κ3) is 2.01. The molecule has 0 amide bonds. The second kappa shape index (κ2) is 4.18. The highest BCUT2D eigenvalue weighted by atomic mass is 35.5. The summed E-state index contributed by atoms with van der Waals surface area (Å²) in [5.74, 6) is 0. The average Bonchev–Trinajstić information content (AvgIpc) is 2.28. The Balaban J connectivity index is 2.73. The summed E-state index contributed by atoms with van der Waals surface area (Å²) in [6.45, 7) is 0. The maximum Gasteiger partial charge on any atom is 0.306 e. The fourth-order valence-corrected chi connectivity index (χ4v) is 1.81. The molecule has 2 aromatic rings. The van der Waals surface area contributed by atoms with E-state index in [1.165, 1.54) is 6.20 Å². The highest BCUT2D eigenvalue weighted by molar-refractivity contribution is 6.37. The summed E-state index contributed by atoms with van der Waals surface area (Å²) >= 11 is 6.01. The summed E-state index contributed by atoms with van der Waals surface area (Å²) in [5.41, 5.74) is 1.39. The number of anilines is 1. The molecule has 0 spiro atoms. The molecule has 0 fully saturated rings. The van der Waals surface area contributed by atoms with Crippen LogP contribution in [0.5, 0.6) is 0 Å². The van der Waals surface area contributed by atoms with E-state index in [4.69, 9.17) is 11.6 Å². The SMILES string of the molecule is CN(C)c1ccc2ncc([N+](=O)[O-])c(Cl)c2c1. The van der Waals surface area contributed by atoms with E-state index < -0.39 is 4.92 Å². The van der Waals surface area contributed by atoms with Crippen LogP contribution in [-0.4, -0.2) is 24.0 Å². The molecule has 6 heteroatoms. The van der Waals surface area contributed by atoms with Crippen molar-refractivity contribution in [2.75, 3.05) is 19.0 Å². The third-order valence-electron chi connectivity index (χ3n) is 2.48. The number of hydrogen-bond acceptors (Lipinski definition) is 4. The third-order valence-corrected chi connectivity index (χ3v) is 2.88. The Hall–Kier alpha value is -1.88. The molecule has 0 aliphatic heterocycles. The molecule has 5 nitrogen and oxygen atoms in total. The van der Waals surface area contributed by atoms with Gasteiger partial charge in [0.15, 0.2) is 0 Å². The quantitative estimate of drug-likeness (QED) is 0.608. The number of benzene rings is 1. The number of halogens is 1. The summed E-state index contributed by atoms with van der Waals surface area (Å²) in [5, 5.41) is 11.5. The van der Waals surface area contributed by atoms with Crippen molar-refractivity contribution in [2.45, 2.75) is 0 Å². The number of pyridine rings is 1. The van der Waals surface area contributed by atoms with Gasteiger partial charge in [0.1, 0.15) is 11.2 Å². The zero-order chi connectivity index (χ0) is 12.6. The molecule has 17 heavy (non-hydrogen) atoms. The zero-order valence-corrected chi connectivity index (χ0v) is 10.1. The second-order valence-electron chi connectivity index (χ2n) is 3.81. The van der Waals surface area contributed by atoms with Crippen molar-refractivity contribution in [2.24, 2.45) is 0 Å². The van der Waals surface area contributed by atoms with Gasteiger partial charge in [-0.15, -0.1) is 0 Å². The summed E-state index contributed by atoms with van der Waals surface area (Å²) < 4.78 is 0. The lowest BCUT2D eigenvalue weighted by Gasteiger charge is -2.13. The van der Waals surface area contributed by atoms with Gasteiger partial charge in [-0.3, -0.25) is 10.1 Å². The Morgan fingerprint density at radius 3 is 2.71 bits per heavy atom. The van der Waals surface area contributed by atoms with Crippen molar-refractivity contribution in [1.29, 1.82) is 0 Å². The van der Waals surface area contributed by atoms with Crippen molar-refractivity contribution in [3.8, 4) is 0 Å². The van der Waals surface area contributed by atoms with Crippen molar-refractivity contribution in [1.82, 2.24) is 4.98 Å². The minimum absolute atomic E-state index is 0.128. The monoisotopic (exact) mass is 251 g/mol. The number of hydrogen-bond donors (Lipinski definition) is 0. The van der Waals surface area contributed by atoms with Crippen LogP contribution in [0.3, 0.4) is 0 Å². The molecular formula is C11H10ClN3O2. The van der Waals surface area contributed by atoms with Gasteiger partial charge in [0.2, 0.25) is 0 Å². The molecule has 1 aromatic heterocycles. The minimum Gasteiger partial charge on any atom is -0.378 e. The van der Waals surface area contributed by atoms with E-state index in [-0.39, 0.29) is 10.7 Å². The molecule has 0 saturated carbocycles. The molecule has 1 heterocycles. The Labute approximate surface area is 103 Å². The van der Waals surface area contributed by atoms with E-state index in [2.05, 4.69) is 4.98 Å². The van der Waals surface area contributed by atoms with E-state index in [1.807, 2.05) is 25.1 Å². The van der Waals surface area contributed by atoms with Crippen molar-refractivity contribution in [3.63, 3.8) is 0 Å². The van der Waals surface area contributed by atoms with E-state index >= 15 is 0 Å². The van der Waals surface area contributed by atoms with Crippen LogP contribution in [0, 0.1) is 10.1 Å². The van der Waals surface area contributed by atoms with Crippen LogP contribution in [0.15, 0.2) is 24.4 Å². The number of rotatable bonds is 2. The lowest BCUT2D eigenvalue weighted by molar-refractivity contribution is -0.384. The van der Waals surface area contributed by atoms with E-state index in [0.717, 1.165) is 5.69 Å². The lowest BCUT2D eigenvalue weighted by atomic mass is 10.2. The topological polar surface area (TPSA) is 59.3 Å². The van der Waals surface area contributed by atoms with E-state index in [9.17, 15) is 10.1 Å². The standard InChI is InChI=1S/C11H10ClN3O2/c1-14(2)7-3-4-9-8(5-7)11(12)10(6-13-9)15(16)17/h3-6H,1-2H3. The van der Waals surface area contributed by atoms with Crippen LogP contribution < -0.4 is 4.90 Å². The molecule has 0 N–H and O–H groups in total. The first kappa shape index (κ1) is 11.6. The first-order chi connectivity index (χ1) is 8.00. The fraction of sp³-hybridized carbons (Fsp3) is 0.182. The number of nitro groups is 1. The molecule has 1 aromatic carbocycles. The average molecular weight is 252 g/mol. The summed E-state index contributed by atoms with van der Waals surface area (Å²) in [6.07, 6.45) is 1.18. The molecule has 88 valence electrons. The van der Waals surface area contributed by atoms with Crippen molar-refractivity contribution in [3.05, 3.63) is 39.5 Å². The largest absolute Gasteiger partial charge is 0.378 e. The molecule has 0 aliphatic rings. The van der Waals surface area contributed by atoms with Crippen LogP contribution in [0.25, 0.3) is 10.9 Å². The smallest absolute Gasteiger partial charge is 0.306 e. The van der Waals surface area contributed by atoms with Crippen LogP contribution in [0.2, 0.25) is 5.02 Å². The van der Waals surface area contributed by atoms with Gasteiger partial charge in [0, 0.05) is 25.2 Å². The fourth-order valence-electron chi connectivity index (χ4n) is 1.54. The zero-order valence-electron chi connectivity index (χ0n) is 9.35. The van der Waals surface area contributed by atoms with Crippen LogP contribution in [0.1, 0.15) is 0 Å². The first-order valence-corrected chi connectivity index (χ1v) is 5.28. The van der Waals surface area contributed by atoms with Crippen LogP contribution >= 0.6 is 11.6 Å². The summed E-state index contributed by atoms with van der Waals surface area (Å²) in [7, 11) is 3.78. The molecule has 0 atom stereocenters. The minimum atomic E-state index is -0.531. The van der Waals surface area contributed by atoms with Gasteiger partial charge in [0.25, 0.3) is 0 Å². The number of aromatic nitrogens is 1. The summed E-state index contributed by atoms with van der Waals surface area (Å²) in [6, 6.07) is 5.47. The van der Waals surface area contributed by atoms with E-state index in [1.54, 1.807) is 12.1 Å². The Kier molecular flexibility index (Phi) is 2.85. The molecule has 0 bridgehead atoms. The molecule has 0 aliphatic carbocycles. The van der Waals surface area contributed by atoms with Gasteiger partial charge in [0.05, 0.1) is 10.4 Å². The Bertz CT molecular complexity index is 599. The molecule has 0 saturated heterocycles. The Morgan fingerprint density at radius 1 is 1.41 bits per heavy atom. The summed E-state index contributed by atoms with van der Waals surface area (Å²) in [4.78, 5) is 16.1. The molecule has 0 radical (unpaired) electrons. The maximum absolute atomic E-state index is 10.8. The van der Waals surface area contributed by atoms with Gasteiger partial charge in [-0.25, -0.2) is 4.98 Å². The van der Waals surface area contributed by atoms with Gasteiger partial charge >= 0.3 is 5.69 Å². The maximum atomic E-state index is 10.8. The van der Waals surface area contributed by atoms with Crippen LogP contribution in [0.4, 0.5) is 11.4 Å². The van der Waals surface area contributed by atoms with Gasteiger partial charge in [-0.1, -0.05) is 11.6 Å². The number of nitrogens with zero attached hydrogens (tertiary/aromatic N) is 3. The van der Waals surface area contributed by atoms with E-state index in [0.29, 0.717) is 10.9 Å². The van der Waals surface area contributed by atoms with Crippen LogP contribution in [-0.2, 0) is 0 Å².